The summed E-state index contributed by atoms with van der Waals surface area (Å²) in [7, 11) is 0. The van der Waals surface area contributed by atoms with Crippen LogP contribution in [0.3, 0.4) is 0 Å². The predicted octanol–water partition coefficient (Wildman–Crippen LogP) is 4.30. The van der Waals surface area contributed by atoms with Crippen LogP contribution in [0.15, 0.2) is 47.1 Å². The molecule has 5 nitrogen and oxygen atoms in total. The van der Waals surface area contributed by atoms with Crippen LogP contribution in [0.1, 0.15) is 37.1 Å². The van der Waals surface area contributed by atoms with Crippen LogP contribution < -0.4 is 4.90 Å². The zero-order valence-corrected chi connectivity index (χ0v) is 12.9. The van der Waals surface area contributed by atoms with Crippen molar-refractivity contribution in [3.05, 3.63) is 53.9 Å². The van der Waals surface area contributed by atoms with Crippen LogP contribution >= 0.6 is 0 Å². The Morgan fingerprint density at radius 1 is 0.957 bits per heavy atom. The maximum absolute atomic E-state index is 5.83. The van der Waals surface area contributed by atoms with E-state index in [0.29, 0.717) is 12.1 Å². The highest BCUT2D eigenvalue weighted by Crippen LogP contribution is 2.50. The van der Waals surface area contributed by atoms with E-state index in [4.69, 9.17) is 4.42 Å². The summed E-state index contributed by atoms with van der Waals surface area (Å²) >= 11 is 0. The van der Waals surface area contributed by atoms with Crippen LogP contribution in [-0.4, -0.2) is 15.2 Å². The van der Waals surface area contributed by atoms with E-state index in [9.17, 15) is 0 Å². The molecule has 4 heterocycles. The third-order valence-corrected chi connectivity index (χ3v) is 4.95. The molecule has 0 spiro atoms. The van der Waals surface area contributed by atoms with Crippen LogP contribution in [0.5, 0.6) is 0 Å². The standard InChI is InChI=1S/C18H16N4O/c1-10-16-14-7-8-15(23-14)17(16)11(2)22(10)13-5-3-12(4-6-13)18-19-9-20-21-18/h3-11H,1-2H3,(H,19,20,21). The van der Waals surface area contributed by atoms with E-state index >= 15 is 0 Å². The highest BCUT2D eigenvalue weighted by molar-refractivity contribution is 5.78. The van der Waals surface area contributed by atoms with Crippen molar-refractivity contribution in [3.63, 3.8) is 0 Å². The van der Waals surface area contributed by atoms with Crippen LogP contribution in [0.2, 0.25) is 0 Å². The molecule has 4 aromatic rings. The molecular formula is C18H16N4O. The van der Waals surface area contributed by atoms with Crippen molar-refractivity contribution in [1.82, 2.24) is 15.2 Å². The van der Waals surface area contributed by atoms with Gasteiger partial charge in [0.25, 0.3) is 0 Å². The van der Waals surface area contributed by atoms with Gasteiger partial charge in [-0.15, -0.1) is 0 Å². The largest absolute Gasteiger partial charge is 0.457 e. The lowest BCUT2D eigenvalue weighted by Crippen LogP contribution is -2.22. The average molecular weight is 304 g/mol. The Balaban J connectivity index is 1.54. The zero-order chi connectivity index (χ0) is 15.6. The quantitative estimate of drug-likeness (QED) is 0.600. The van der Waals surface area contributed by atoms with Gasteiger partial charge in [-0.25, -0.2) is 4.98 Å². The Kier molecular flexibility index (Phi) is 2.40. The summed E-state index contributed by atoms with van der Waals surface area (Å²) in [4.78, 5) is 6.65. The van der Waals surface area contributed by atoms with E-state index < -0.39 is 0 Å². The monoisotopic (exact) mass is 304 g/mol. The van der Waals surface area contributed by atoms with E-state index in [0.717, 1.165) is 22.6 Å². The zero-order valence-electron chi connectivity index (χ0n) is 12.9. The van der Waals surface area contributed by atoms with Crippen LogP contribution in [0.25, 0.3) is 22.6 Å². The van der Waals surface area contributed by atoms with E-state index in [1.807, 2.05) is 0 Å². The molecule has 0 saturated heterocycles. The van der Waals surface area contributed by atoms with Gasteiger partial charge < -0.3 is 9.32 Å². The third kappa shape index (κ3) is 1.62. The summed E-state index contributed by atoms with van der Waals surface area (Å²) in [5.74, 6) is 0.793. The number of nitrogens with one attached hydrogen (secondary N) is 1. The second-order valence-electron chi connectivity index (χ2n) is 6.13. The minimum atomic E-state index is 0.313. The van der Waals surface area contributed by atoms with Crippen molar-refractivity contribution in [2.45, 2.75) is 25.9 Å². The number of aromatic amines is 1. The number of rotatable bonds is 2. The molecule has 5 heteroatoms. The first kappa shape index (κ1) is 12.7. The molecule has 2 unspecified atom stereocenters. The maximum atomic E-state index is 5.83. The van der Waals surface area contributed by atoms with E-state index in [2.05, 4.69) is 70.3 Å². The van der Waals surface area contributed by atoms with Gasteiger partial charge in [0.1, 0.15) is 17.5 Å². The van der Waals surface area contributed by atoms with Gasteiger partial charge in [0.05, 0.1) is 12.1 Å². The van der Waals surface area contributed by atoms with Crippen LogP contribution in [-0.2, 0) is 0 Å². The molecule has 1 aliphatic heterocycles. The number of furan rings is 2. The molecule has 2 atom stereocenters. The van der Waals surface area contributed by atoms with Crippen LogP contribution in [0.4, 0.5) is 5.69 Å². The van der Waals surface area contributed by atoms with Gasteiger partial charge in [0, 0.05) is 22.4 Å². The summed E-state index contributed by atoms with van der Waals surface area (Å²) in [6.45, 7) is 4.49. The van der Waals surface area contributed by atoms with Crippen molar-refractivity contribution >= 4 is 16.9 Å². The lowest BCUT2D eigenvalue weighted by atomic mass is 10.0. The van der Waals surface area contributed by atoms with Gasteiger partial charge in [-0.1, -0.05) is 0 Å². The molecule has 1 aromatic carbocycles. The van der Waals surface area contributed by atoms with Crippen molar-refractivity contribution in [2.24, 2.45) is 0 Å². The van der Waals surface area contributed by atoms with E-state index in [1.54, 1.807) is 0 Å². The third-order valence-electron chi connectivity index (χ3n) is 4.95. The number of anilines is 1. The fraction of sp³-hybridized carbons (Fsp3) is 0.222. The number of aromatic nitrogens is 3. The van der Waals surface area contributed by atoms with E-state index in [-0.39, 0.29) is 0 Å². The van der Waals surface area contributed by atoms with Gasteiger partial charge in [-0.05, 0) is 50.2 Å². The Hall–Kier alpha value is -2.82. The second-order valence-corrected chi connectivity index (χ2v) is 6.13. The molecule has 0 fully saturated rings. The Labute approximate surface area is 133 Å². The molecule has 2 bridgehead atoms. The Morgan fingerprint density at radius 3 is 2.17 bits per heavy atom. The lowest BCUT2D eigenvalue weighted by Gasteiger charge is -2.29. The van der Waals surface area contributed by atoms with Gasteiger partial charge in [-0.2, -0.15) is 5.10 Å². The molecule has 0 amide bonds. The molecule has 1 aliphatic rings. The molecular weight excluding hydrogens is 288 g/mol. The lowest BCUT2D eigenvalue weighted by molar-refractivity contribution is 0.615. The summed E-state index contributed by atoms with van der Waals surface area (Å²) < 4.78 is 5.83. The molecule has 1 N–H and O–H groups in total. The number of hydrogen-bond donors (Lipinski definition) is 1. The number of hydrogen-bond acceptors (Lipinski definition) is 4. The first-order valence-corrected chi connectivity index (χ1v) is 7.83. The Bertz CT molecular complexity index is 916. The SMILES string of the molecule is CC1c2c(c3ccc2o3)C(C)N1c1ccc(-c2ncn[nH]2)cc1. The smallest absolute Gasteiger partial charge is 0.155 e. The topological polar surface area (TPSA) is 58.0 Å². The fourth-order valence-electron chi connectivity index (χ4n) is 3.95. The van der Waals surface area contributed by atoms with Crippen LogP contribution in [0, 0.1) is 0 Å². The normalized spacial score (nSPS) is 20.5. The second kappa shape index (κ2) is 4.35. The summed E-state index contributed by atoms with van der Waals surface area (Å²) in [6, 6.07) is 13.3. The van der Waals surface area contributed by atoms with Crippen molar-refractivity contribution < 1.29 is 4.42 Å². The average Bonchev–Trinajstić information content (AvgIpc) is 3.33. The first-order chi connectivity index (χ1) is 11.2. The number of fused-ring (bicyclic) bond motifs is 5. The fourth-order valence-corrected chi connectivity index (χ4v) is 3.95. The molecule has 3 aromatic heterocycles. The molecule has 23 heavy (non-hydrogen) atoms. The highest BCUT2D eigenvalue weighted by Gasteiger charge is 2.38. The first-order valence-electron chi connectivity index (χ1n) is 7.83. The van der Waals surface area contributed by atoms with Gasteiger partial charge in [0.2, 0.25) is 0 Å². The molecule has 0 radical (unpaired) electrons. The van der Waals surface area contributed by atoms with Gasteiger partial charge >= 0.3 is 0 Å². The minimum Gasteiger partial charge on any atom is -0.457 e. The molecule has 0 saturated carbocycles. The summed E-state index contributed by atoms with van der Waals surface area (Å²) in [5.41, 5.74) is 6.98. The van der Waals surface area contributed by atoms with Crippen molar-refractivity contribution in [2.75, 3.05) is 4.90 Å². The van der Waals surface area contributed by atoms with Crippen molar-refractivity contribution in [3.8, 4) is 11.4 Å². The minimum absolute atomic E-state index is 0.313. The molecule has 114 valence electrons. The maximum Gasteiger partial charge on any atom is 0.155 e. The highest BCUT2D eigenvalue weighted by atomic mass is 16.3. The predicted molar refractivity (Wildman–Crippen MR) is 88.5 cm³/mol. The summed E-state index contributed by atoms with van der Waals surface area (Å²) in [5, 5.41) is 6.80. The van der Waals surface area contributed by atoms with Gasteiger partial charge in [-0.3, -0.25) is 5.10 Å². The van der Waals surface area contributed by atoms with E-state index in [1.165, 1.54) is 23.1 Å². The van der Waals surface area contributed by atoms with Crippen molar-refractivity contribution in [1.29, 1.82) is 0 Å². The van der Waals surface area contributed by atoms with Gasteiger partial charge in [0.15, 0.2) is 5.82 Å². The Morgan fingerprint density at radius 2 is 1.61 bits per heavy atom. The number of H-pyrrole nitrogens is 1. The molecule has 0 aliphatic carbocycles. The number of nitrogens with zero attached hydrogens (tertiary/aromatic N) is 3. The molecule has 5 rings (SSSR count). The summed E-state index contributed by atoms with van der Waals surface area (Å²) in [6.07, 6.45) is 1.53. The number of benzene rings is 2.